The van der Waals surface area contributed by atoms with Crippen LogP contribution < -0.4 is 0 Å². The monoisotopic (exact) mass is 538 g/mol. The number of hydrogen-bond donors (Lipinski definition) is 0. The summed E-state index contributed by atoms with van der Waals surface area (Å²) >= 11 is 0. The van der Waals surface area contributed by atoms with Crippen molar-refractivity contribution in [2.75, 3.05) is 0 Å². The minimum Gasteiger partial charge on any atom is -0.456 e. The minimum atomic E-state index is 0.887. The predicted molar refractivity (Wildman–Crippen MR) is 180 cm³/mol. The zero-order chi connectivity index (χ0) is 28.0. The molecule has 1 heterocycles. The van der Waals surface area contributed by atoms with Crippen LogP contribution in [0.2, 0.25) is 0 Å². The molecule has 42 heavy (non-hydrogen) atoms. The molecule has 0 bridgehead atoms. The maximum Gasteiger partial charge on any atom is 0.136 e. The molecule has 0 aliphatic rings. The van der Waals surface area contributed by atoms with E-state index in [1.165, 1.54) is 60.1 Å². The number of furan rings is 1. The van der Waals surface area contributed by atoms with Gasteiger partial charge in [0.1, 0.15) is 11.2 Å². The van der Waals surface area contributed by atoms with Gasteiger partial charge in [0.15, 0.2) is 0 Å². The molecule has 0 N–H and O–H groups in total. The van der Waals surface area contributed by atoms with Crippen LogP contribution in [0, 0.1) is 0 Å². The van der Waals surface area contributed by atoms with Gasteiger partial charge in [-0.1, -0.05) is 122 Å². The van der Waals surface area contributed by atoms with Crippen molar-refractivity contribution >= 4 is 59.8 Å². The molecule has 0 radical (unpaired) electrons. The molecule has 0 saturated carbocycles. The Balaban J connectivity index is 1.34. The molecule has 200 valence electrons. The van der Waals surface area contributed by atoms with Crippen molar-refractivity contribution in [3.05, 3.63) is 151 Å². The van der Waals surface area contributed by atoms with Gasteiger partial charge >= 0.3 is 0 Å². The molecule has 1 heteroatoms. The van der Waals surface area contributed by atoms with E-state index in [0.29, 0.717) is 0 Å². The molecular formula is C41H30O. The highest BCUT2D eigenvalue weighted by molar-refractivity contribution is 6.26. The molecule has 0 atom stereocenters. The van der Waals surface area contributed by atoms with E-state index in [4.69, 9.17) is 4.42 Å². The highest BCUT2D eigenvalue weighted by atomic mass is 16.3. The van der Waals surface area contributed by atoms with Gasteiger partial charge in [0.05, 0.1) is 0 Å². The van der Waals surface area contributed by atoms with Crippen LogP contribution in [0.3, 0.4) is 0 Å². The first kappa shape index (κ1) is 24.6. The maximum absolute atomic E-state index is 6.24. The lowest BCUT2D eigenvalue weighted by Gasteiger charge is -2.15. The van der Waals surface area contributed by atoms with Gasteiger partial charge in [0.25, 0.3) is 0 Å². The SMILES string of the molecule is CC/C(=C\Cc1cccc2c3ccccc3c3ccc(-c4ccc5c(c4)oc4ccccc45)cc3c12)c1ccccc1. The molecule has 0 unspecified atom stereocenters. The van der Waals surface area contributed by atoms with Gasteiger partial charge in [-0.2, -0.15) is 0 Å². The van der Waals surface area contributed by atoms with E-state index < -0.39 is 0 Å². The van der Waals surface area contributed by atoms with Crippen molar-refractivity contribution < 1.29 is 4.42 Å². The number of hydrogen-bond acceptors (Lipinski definition) is 1. The minimum absolute atomic E-state index is 0.887. The van der Waals surface area contributed by atoms with Crippen molar-refractivity contribution in [2.45, 2.75) is 19.8 Å². The topological polar surface area (TPSA) is 13.1 Å². The smallest absolute Gasteiger partial charge is 0.136 e. The predicted octanol–water partition coefficient (Wildman–Crippen LogP) is 11.7. The second-order valence-corrected chi connectivity index (χ2v) is 11.1. The molecule has 1 aromatic heterocycles. The van der Waals surface area contributed by atoms with Crippen LogP contribution >= 0.6 is 0 Å². The molecule has 0 aliphatic carbocycles. The average molecular weight is 539 g/mol. The third-order valence-corrected chi connectivity index (χ3v) is 8.75. The van der Waals surface area contributed by atoms with Gasteiger partial charge in [0, 0.05) is 10.8 Å². The zero-order valence-electron chi connectivity index (χ0n) is 23.6. The van der Waals surface area contributed by atoms with Gasteiger partial charge in [-0.05, 0) is 97.3 Å². The lowest BCUT2D eigenvalue weighted by molar-refractivity contribution is 0.669. The van der Waals surface area contributed by atoms with E-state index in [-0.39, 0.29) is 0 Å². The fourth-order valence-electron chi connectivity index (χ4n) is 6.69. The largest absolute Gasteiger partial charge is 0.456 e. The standard InChI is InChI=1S/C41H30O/c1-2-27(28-11-4-3-5-12-28)19-20-29-13-10-17-37-33-15-7-6-14-32(33)34-23-21-30(25-38(34)41(29)37)31-22-24-36-35-16-8-9-18-39(35)42-40(36)26-31/h3-19,21-26H,2,20H2,1H3/b27-19+. The van der Waals surface area contributed by atoms with Crippen molar-refractivity contribution in [1.82, 2.24) is 0 Å². The average Bonchev–Trinajstić information content (AvgIpc) is 3.43. The third-order valence-electron chi connectivity index (χ3n) is 8.75. The van der Waals surface area contributed by atoms with Crippen molar-refractivity contribution in [1.29, 1.82) is 0 Å². The summed E-state index contributed by atoms with van der Waals surface area (Å²) in [5, 5.41) is 10.2. The summed E-state index contributed by atoms with van der Waals surface area (Å²) in [6.07, 6.45) is 4.31. The van der Waals surface area contributed by atoms with Crippen molar-refractivity contribution in [2.24, 2.45) is 0 Å². The fourth-order valence-corrected chi connectivity index (χ4v) is 6.69. The van der Waals surface area contributed by atoms with Crippen molar-refractivity contribution in [3.8, 4) is 11.1 Å². The van der Waals surface area contributed by atoms with Crippen molar-refractivity contribution in [3.63, 3.8) is 0 Å². The van der Waals surface area contributed by atoms with Crippen LogP contribution in [0.25, 0.3) is 71.0 Å². The molecule has 7 aromatic carbocycles. The fraction of sp³-hybridized carbons (Fsp3) is 0.0732. The molecule has 8 rings (SSSR count). The van der Waals surface area contributed by atoms with E-state index >= 15 is 0 Å². The van der Waals surface area contributed by atoms with Crippen LogP contribution in [0.5, 0.6) is 0 Å². The quantitative estimate of drug-likeness (QED) is 0.199. The first-order chi connectivity index (χ1) is 20.8. The first-order valence-corrected chi connectivity index (χ1v) is 14.8. The summed E-state index contributed by atoms with van der Waals surface area (Å²) in [6.45, 7) is 2.25. The molecule has 0 amide bonds. The highest BCUT2D eigenvalue weighted by Gasteiger charge is 2.14. The van der Waals surface area contributed by atoms with Crippen LogP contribution in [0.1, 0.15) is 24.5 Å². The summed E-state index contributed by atoms with van der Waals surface area (Å²) in [5.41, 5.74) is 8.27. The summed E-state index contributed by atoms with van der Waals surface area (Å²) in [6, 6.07) is 48.3. The molecule has 1 nitrogen and oxygen atoms in total. The molecular weight excluding hydrogens is 508 g/mol. The lowest BCUT2D eigenvalue weighted by Crippen LogP contribution is -1.91. The Morgan fingerprint density at radius 3 is 1.95 bits per heavy atom. The van der Waals surface area contributed by atoms with Gasteiger partial charge < -0.3 is 4.42 Å². The summed E-state index contributed by atoms with van der Waals surface area (Å²) in [5.74, 6) is 0. The van der Waals surface area contributed by atoms with Crippen LogP contribution in [0.15, 0.2) is 144 Å². The Morgan fingerprint density at radius 1 is 0.524 bits per heavy atom. The Morgan fingerprint density at radius 2 is 1.14 bits per heavy atom. The molecule has 0 saturated heterocycles. The Kier molecular flexibility index (Phi) is 5.89. The number of fused-ring (bicyclic) bond motifs is 9. The third kappa shape index (κ3) is 4.01. The van der Waals surface area contributed by atoms with Gasteiger partial charge in [-0.25, -0.2) is 0 Å². The Labute approximate surface area is 245 Å². The molecule has 0 fully saturated rings. The highest BCUT2D eigenvalue weighted by Crippen LogP contribution is 2.40. The molecule has 8 aromatic rings. The van der Waals surface area contributed by atoms with Gasteiger partial charge in [-0.3, -0.25) is 0 Å². The molecule has 0 spiro atoms. The van der Waals surface area contributed by atoms with Crippen LogP contribution in [0.4, 0.5) is 0 Å². The van der Waals surface area contributed by atoms with E-state index in [1.807, 2.05) is 12.1 Å². The maximum atomic E-state index is 6.24. The van der Waals surface area contributed by atoms with E-state index in [0.717, 1.165) is 34.8 Å². The van der Waals surface area contributed by atoms with Gasteiger partial charge in [0.2, 0.25) is 0 Å². The number of rotatable bonds is 5. The van der Waals surface area contributed by atoms with Crippen LogP contribution in [-0.2, 0) is 6.42 Å². The number of para-hydroxylation sites is 1. The zero-order valence-corrected chi connectivity index (χ0v) is 23.6. The van der Waals surface area contributed by atoms with Gasteiger partial charge in [-0.15, -0.1) is 0 Å². The molecule has 0 aliphatic heterocycles. The second-order valence-electron chi connectivity index (χ2n) is 11.1. The lowest BCUT2D eigenvalue weighted by atomic mass is 9.88. The normalized spacial score (nSPS) is 12.3. The summed E-state index contributed by atoms with van der Waals surface area (Å²) in [4.78, 5) is 0. The Hall–Kier alpha value is -5.14. The van der Waals surface area contributed by atoms with E-state index in [1.54, 1.807) is 0 Å². The summed E-state index contributed by atoms with van der Waals surface area (Å²) in [7, 11) is 0. The van der Waals surface area contributed by atoms with E-state index in [2.05, 4.69) is 134 Å². The van der Waals surface area contributed by atoms with Crippen LogP contribution in [-0.4, -0.2) is 0 Å². The number of allylic oxidation sites excluding steroid dienone is 2. The number of benzene rings is 7. The second kappa shape index (κ2) is 10.0. The first-order valence-electron chi connectivity index (χ1n) is 14.8. The summed E-state index contributed by atoms with van der Waals surface area (Å²) < 4.78 is 6.24. The Bertz CT molecular complexity index is 2300. The van der Waals surface area contributed by atoms with E-state index in [9.17, 15) is 0 Å².